The molecule has 2 aromatic carbocycles. The number of hydrazone groups is 1. The highest BCUT2D eigenvalue weighted by Crippen LogP contribution is 2.27. The lowest BCUT2D eigenvalue weighted by Gasteiger charge is -2.04. The van der Waals surface area contributed by atoms with Crippen LogP contribution in [-0.4, -0.2) is 19.7 Å². The van der Waals surface area contributed by atoms with E-state index < -0.39 is 10.0 Å². The Kier molecular flexibility index (Phi) is 5.42. The molecule has 0 radical (unpaired) electrons. The lowest BCUT2D eigenvalue weighted by molar-refractivity contribution is 0.470. The summed E-state index contributed by atoms with van der Waals surface area (Å²) in [5.74, 6) is 0.138. The molecule has 2 rings (SSSR count). The van der Waals surface area contributed by atoms with Crippen LogP contribution in [0, 0.1) is 3.57 Å². The molecule has 0 spiro atoms. The molecule has 0 aliphatic heterocycles. The first-order valence-corrected chi connectivity index (χ1v) is 9.29. The van der Waals surface area contributed by atoms with Gasteiger partial charge < -0.3 is 5.11 Å². The number of benzene rings is 2. The van der Waals surface area contributed by atoms with E-state index in [0.717, 1.165) is 4.47 Å². The number of halogens is 2. The van der Waals surface area contributed by atoms with E-state index in [4.69, 9.17) is 5.14 Å². The Labute approximate surface area is 149 Å². The number of sulfonamides is 1. The first-order valence-electron chi connectivity index (χ1n) is 5.87. The van der Waals surface area contributed by atoms with Crippen molar-refractivity contribution in [2.24, 2.45) is 10.2 Å². The maximum absolute atomic E-state index is 11.1. The zero-order chi connectivity index (χ0) is 16.3. The second-order valence-electron chi connectivity index (χ2n) is 4.26. The number of anilines is 1. The van der Waals surface area contributed by atoms with Gasteiger partial charge in [-0.2, -0.15) is 5.10 Å². The highest BCUT2D eigenvalue weighted by molar-refractivity contribution is 14.1. The molecule has 0 heterocycles. The van der Waals surface area contributed by atoms with Crippen molar-refractivity contribution in [2.45, 2.75) is 4.90 Å². The van der Waals surface area contributed by atoms with Gasteiger partial charge in [0.05, 0.1) is 20.4 Å². The largest absolute Gasteiger partial charge is 0.506 e. The Bertz CT molecular complexity index is 823. The van der Waals surface area contributed by atoms with E-state index in [9.17, 15) is 13.5 Å². The van der Waals surface area contributed by atoms with E-state index in [0.29, 0.717) is 14.8 Å². The van der Waals surface area contributed by atoms with Gasteiger partial charge in [-0.15, -0.1) is 0 Å². The van der Waals surface area contributed by atoms with Crippen LogP contribution in [0.25, 0.3) is 0 Å². The normalized spacial score (nSPS) is 11.8. The Morgan fingerprint density at radius 1 is 1.27 bits per heavy atom. The van der Waals surface area contributed by atoms with E-state index >= 15 is 0 Å². The number of hydrogen-bond donors (Lipinski definition) is 3. The Morgan fingerprint density at radius 2 is 1.91 bits per heavy atom. The highest BCUT2D eigenvalue weighted by atomic mass is 127. The van der Waals surface area contributed by atoms with Crippen molar-refractivity contribution >= 4 is 60.4 Å². The molecule has 2 aromatic rings. The number of primary sulfonamides is 1. The van der Waals surface area contributed by atoms with Gasteiger partial charge in [0.15, 0.2) is 0 Å². The van der Waals surface area contributed by atoms with Crippen molar-refractivity contribution in [3.8, 4) is 5.75 Å². The maximum atomic E-state index is 11.1. The molecule has 22 heavy (non-hydrogen) atoms. The monoisotopic (exact) mass is 495 g/mol. The van der Waals surface area contributed by atoms with Gasteiger partial charge in [-0.3, -0.25) is 5.43 Å². The summed E-state index contributed by atoms with van der Waals surface area (Å²) in [7, 11) is -3.70. The fourth-order valence-corrected chi connectivity index (χ4v) is 3.65. The second kappa shape index (κ2) is 6.94. The maximum Gasteiger partial charge on any atom is 0.238 e. The first kappa shape index (κ1) is 17.2. The van der Waals surface area contributed by atoms with Gasteiger partial charge in [-0.1, -0.05) is 15.9 Å². The summed E-state index contributed by atoms with van der Waals surface area (Å²) in [5.41, 5.74) is 3.88. The second-order valence-corrected chi connectivity index (χ2v) is 7.90. The predicted molar refractivity (Wildman–Crippen MR) is 97.6 cm³/mol. The van der Waals surface area contributed by atoms with Crippen molar-refractivity contribution in [3.05, 3.63) is 50.0 Å². The summed E-state index contributed by atoms with van der Waals surface area (Å²) < 4.78 is 23.8. The van der Waals surface area contributed by atoms with Crippen molar-refractivity contribution in [1.29, 1.82) is 0 Å². The van der Waals surface area contributed by atoms with Gasteiger partial charge in [0.1, 0.15) is 5.75 Å². The Balaban J connectivity index is 2.13. The van der Waals surface area contributed by atoms with Crippen LogP contribution in [0.4, 0.5) is 5.69 Å². The smallest absolute Gasteiger partial charge is 0.238 e. The molecule has 9 heteroatoms. The Morgan fingerprint density at radius 3 is 2.50 bits per heavy atom. The fourth-order valence-electron chi connectivity index (χ4n) is 1.58. The molecule has 0 fully saturated rings. The van der Waals surface area contributed by atoms with Gasteiger partial charge >= 0.3 is 0 Å². The van der Waals surface area contributed by atoms with Gasteiger partial charge in [-0.25, -0.2) is 13.6 Å². The summed E-state index contributed by atoms with van der Waals surface area (Å²) in [6.45, 7) is 0. The molecule has 0 aromatic heterocycles. The molecule has 0 saturated carbocycles. The lowest BCUT2D eigenvalue weighted by atomic mass is 10.2. The van der Waals surface area contributed by atoms with E-state index in [1.807, 2.05) is 22.6 Å². The van der Waals surface area contributed by atoms with Gasteiger partial charge in [0, 0.05) is 10.0 Å². The molecule has 0 aliphatic carbocycles. The van der Waals surface area contributed by atoms with Gasteiger partial charge in [0.2, 0.25) is 10.0 Å². The van der Waals surface area contributed by atoms with E-state index in [2.05, 4.69) is 26.5 Å². The number of hydrogen-bond acceptors (Lipinski definition) is 5. The summed E-state index contributed by atoms with van der Waals surface area (Å²) in [4.78, 5) is 0.0289. The standard InChI is InChI=1S/C13H11BrIN3O3S/c14-9-5-8(13(19)12(15)6-9)7-17-18-10-1-3-11(4-2-10)22(16,20)21/h1-7,18-19H,(H2,16,20,21). The molecule has 0 aliphatic rings. The van der Waals surface area contributed by atoms with Crippen molar-refractivity contribution in [2.75, 3.05) is 5.43 Å². The van der Waals surface area contributed by atoms with Crippen molar-refractivity contribution < 1.29 is 13.5 Å². The van der Waals surface area contributed by atoms with Crippen LogP contribution in [0.1, 0.15) is 5.56 Å². The van der Waals surface area contributed by atoms with Crippen molar-refractivity contribution in [3.63, 3.8) is 0 Å². The minimum absolute atomic E-state index is 0.0289. The number of nitrogens with two attached hydrogens (primary N) is 1. The average molecular weight is 496 g/mol. The van der Waals surface area contributed by atoms with Gasteiger partial charge in [0.25, 0.3) is 0 Å². The summed E-state index contributed by atoms with van der Waals surface area (Å²) in [6, 6.07) is 9.36. The minimum Gasteiger partial charge on any atom is -0.506 e. The van der Waals surface area contributed by atoms with Crippen molar-refractivity contribution in [1.82, 2.24) is 0 Å². The number of aromatic hydroxyl groups is 1. The van der Waals surface area contributed by atoms with Crippen LogP contribution < -0.4 is 10.6 Å². The number of nitrogens with zero attached hydrogens (tertiary/aromatic N) is 1. The van der Waals surface area contributed by atoms with Crippen LogP contribution in [0.2, 0.25) is 0 Å². The summed E-state index contributed by atoms with van der Waals surface area (Å²) in [6.07, 6.45) is 1.47. The summed E-state index contributed by atoms with van der Waals surface area (Å²) in [5, 5.41) is 18.9. The molecule has 6 nitrogen and oxygen atoms in total. The fraction of sp³-hybridized carbons (Fsp3) is 0. The molecular weight excluding hydrogens is 485 g/mol. The molecular formula is C13H11BrIN3O3S. The van der Waals surface area contributed by atoms with E-state index in [-0.39, 0.29) is 10.6 Å². The third kappa shape index (κ3) is 4.41. The molecule has 0 saturated heterocycles. The lowest BCUT2D eigenvalue weighted by Crippen LogP contribution is -2.11. The third-order valence-electron chi connectivity index (χ3n) is 2.64. The zero-order valence-corrected chi connectivity index (χ0v) is 15.6. The van der Waals surface area contributed by atoms with Crippen LogP contribution >= 0.6 is 38.5 Å². The molecule has 0 atom stereocenters. The average Bonchev–Trinajstić information content (AvgIpc) is 2.43. The van der Waals surface area contributed by atoms with E-state index in [1.165, 1.54) is 18.3 Å². The predicted octanol–water partition coefficient (Wildman–Crippen LogP) is 2.85. The highest BCUT2D eigenvalue weighted by Gasteiger charge is 2.07. The molecule has 4 N–H and O–H groups in total. The van der Waals surface area contributed by atoms with E-state index in [1.54, 1.807) is 24.3 Å². The first-order chi connectivity index (χ1) is 10.3. The third-order valence-corrected chi connectivity index (χ3v) is 4.85. The molecule has 0 unspecified atom stereocenters. The molecule has 0 amide bonds. The van der Waals surface area contributed by atoms with Crippen LogP contribution in [0.5, 0.6) is 5.75 Å². The minimum atomic E-state index is -3.70. The van der Waals surface area contributed by atoms with Crippen LogP contribution in [0.15, 0.2) is 50.9 Å². The number of nitrogens with one attached hydrogen (secondary N) is 1. The van der Waals surface area contributed by atoms with Crippen LogP contribution in [-0.2, 0) is 10.0 Å². The topological polar surface area (TPSA) is 105 Å². The number of phenolic OH excluding ortho intramolecular Hbond substituents is 1. The Hall–Kier alpha value is -1.17. The van der Waals surface area contributed by atoms with Gasteiger partial charge in [-0.05, 0) is 59.0 Å². The quantitative estimate of drug-likeness (QED) is 0.344. The zero-order valence-electron chi connectivity index (χ0n) is 11.0. The molecule has 116 valence electrons. The summed E-state index contributed by atoms with van der Waals surface area (Å²) >= 11 is 5.36. The number of phenols is 1. The molecule has 0 bridgehead atoms. The van der Waals surface area contributed by atoms with Crippen LogP contribution in [0.3, 0.4) is 0 Å². The number of rotatable bonds is 4. The SMILES string of the molecule is NS(=O)(=O)c1ccc(NN=Cc2cc(Br)cc(I)c2O)cc1.